The maximum absolute atomic E-state index is 11.9. The van der Waals surface area contributed by atoms with Crippen LogP contribution in [0.3, 0.4) is 0 Å². The Kier molecular flexibility index (Phi) is 3.73. The molecule has 1 N–H and O–H groups in total. The number of aromatic nitrogens is 1. The summed E-state index contributed by atoms with van der Waals surface area (Å²) in [6.45, 7) is 3.90. The van der Waals surface area contributed by atoms with Crippen molar-refractivity contribution in [3.05, 3.63) is 11.1 Å². The van der Waals surface area contributed by atoms with Gasteiger partial charge in [-0.2, -0.15) is 0 Å². The molecule has 1 aliphatic heterocycles. The number of hydrogen-bond acceptors (Lipinski definition) is 3. The molecule has 1 saturated heterocycles. The normalized spacial score (nSPS) is 21.2. The quantitative estimate of drug-likeness (QED) is 0.897. The molecule has 4 nitrogen and oxygen atoms in total. The molecule has 1 aliphatic carbocycles. The number of carbonyl (C=O) groups is 1. The Morgan fingerprint density at radius 2 is 2.11 bits per heavy atom. The first-order valence-electron chi connectivity index (χ1n) is 7.24. The Hall–Kier alpha value is -1.10. The summed E-state index contributed by atoms with van der Waals surface area (Å²) in [5.74, 6) is 1.31. The maximum atomic E-state index is 11.9. The second-order valence-electron chi connectivity index (χ2n) is 5.84. The third-order valence-electron chi connectivity index (χ3n) is 4.10. The van der Waals surface area contributed by atoms with E-state index in [0.29, 0.717) is 11.8 Å². The zero-order valence-electron chi connectivity index (χ0n) is 11.4. The summed E-state index contributed by atoms with van der Waals surface area (Å²) < 4.78 is 0. The maximum Gasteiger partial charge on any atom is 0.323 e. The molecular weight excluding hydrogens is 258 g/mol. The lowest BCUT2D eigenvalue weighted by Gasteiger charge is -2.36. The number of carbonyl (C=O) groups excluding carboxylic acids is 1. The van der Waals surface area contributed by atoms with Gasteiger partial charge in [-0.3, -0.25) is 5.32 Å². The molecular formula is C14H21N3OS. The van der Waals surface area contributed by atoms with Crippen LogP contribution in [0.1, 0.15) is 49.8 Å². The van der Waals surface area contributed by atoms with Gasteiger partial charge in [-0.05, 0) is 24.7 Å². The first kappa shape index (κ1) is 12.9. The number of anilines is 1. The van der Waals surface area contributed by atoms with Crippen molar-refractivity contribution in [3.63, 3.8) is 0 Å². The van der Waals surface area contributed by atoms with Crippen LogP contribution in [0.5, 0.6) is 0 Å². The Labute approximate surface area is 118 Å². The van der Waals surface area contributed by atoms with E-state index in [1.165, 1.54) is 37.0 Å². The van der Waals surface area contributed by atoms with Gasteiger partial charge in [0.2, 0.25) is 0 Å². The van der Waals surface area contributed by atoms with E-state index >= 15 is 0 Å². The van der Waals surface area contributed by atoms with E-state index in [4.69, 9.17) is 0 Å². The lowest BCUT2D eigenvalue weighted by Crippen LogP contribution is -2.50. The number of nitrogens with one attached hydrogen (secondary N) is 1. The van der Waals surface area contributed by atoms with Gasteiger partial charge in [0.05, 0.1) is 0 Å². The first-order valence-corrected chi connectivity index (χ1v) is 8.05. The Bertz CT molecular complexity index is 447. The zero-order chi connectivity index (χ0) is 13.2. The minimum absolute atomic E-state index is 0.00245. The van der Waals surface area contributed by atoms with Gasteiger partial charge in [-0.1, -0.05) is 26.2 Å². The van der Waals surface area contributed by atoms with Crippen molar-refractivity contribution in [1.82, 2.24) is 9.88 Å². The standard InChI is InChI=1S/C14H21N3OS/c1-10-8-17(9-10)14(18)16-13-15-7-12(19-13)11-5-3-2-4-6-11/h7,10-11H,2-6,8-9H2,1H3,(H,15,16,18). The molecule has 0 aromatic carbocycles. The van der Waals surface area contributed by atoms with Gasteiger partial charge in [-0.15, -0.1) is 11.3 Å². The number of thiazole rings is 1. The van der Waals surface area contributed by atoms with Crippen LogP contribution in [0.2, 0.25) is 0 Å². The minimum atomic E-state index is 0.00245. The molecule has 5 heteroatoms. The van der Waals surface area contributed by atoms with Crippen LogP contribution < -0.4 is 5.32 Å². The number of amides is 2. The molecule has 19 heavy (non-hydrogen) atoms. The SMILES string of the molecule is CC1CN(C(=O)Nc2ncc(C3CCCCC3)s2)C1. The van der Waals surface area contributed by atoms with Crippen LogP contribution in [0, 0.1) is 5.92 Å². The molecule has 2 amide bonds. The van der Waals surface area contributed by atoms with E-state index in [-0.39, 0.29) is 6.03 Å². The summed E-state index contributed by atoms with van der Waals surface area (Å²) >= 11 is 1.65. The fraction of sp³-hybridized carbons (Fsp3) is 0.714. The van der Waals surface area contributed by atoms with Crippen LogP contribution in [-0.2, 0) is 0 Å². The smallest absolute Gasteiger partial charge is 0.323 e. The molecule has 2 fully saturated rings. The summed E-state index contributed by atoms with van der Waals surface area (Å²) in [6, 6.07) is 0.00245. The highest BCUT2D eigenvalue weighted by Gasteiger charge is 2.27. The van der Waals surface area contributed by atoms with Crippen molar-refractivity contribution in [2.75, 3.05) is 18.4 Å². The fourth-order valence-corrected chi connectivity index (χ4v) is 3.93. The average Bonchev–Trinajstić information content (AvgIpc) is 2.84. The Morgan fingerprint density at radius 3 is 2.79 bits per heavy atom. The molecule has 0 bridgehead atoms. The Balaban J connectivity index is 1.57. The topological polar surface area (TPSA) is 45.2 Å². The van der Waals surface area contributed by atoms with Gasteiger partial charge in [0.1, 0.15) is 0 Å². The Morgan fingerprint density at radius 1 is 1.37 bits per heavy atom. The van der Waals surface area contributed by atoms with E-state index < -0.39 is 0 Å². The fourth-order valence-electron chi connectivity index (χ4n) is 2.96. The van der Waals surface area contributed by atoms with E-state index in [1.54, 1.807) is 11.3 Å². The number of urea groups is 1. The molecule has 1 saturated carbocycles. The minimum Gasteiger partial charge on any atom is -0.324 e. The molecule has 3 rings (SSSR count). The average molecular weight is 279 g/mol. The third kappa shape index (κ3) is 2.91. The molecule has 0 spiro atoms. The number of rotatable bonds is 2. The highest BCUT2D eigenvalue weighted by atomic mass is 32.1. The van der Waals surface area contributed by atoms with Crippen molar-refractivity contribution >= 4 is 22.5 Å². The van der Waals surface area contributed by atoms with E-state index in [1.807, 2.05) is 11.1 Å². The van der Waals surface area contributed by atoms with Crippen molar-refractivity contribution < 1.29 is 4.79 Å². The van der Waals surface area contributed by atoms with Crippen LogP contribution >= 0.6 is 11.3 Å². The van der Waals surface area contributed by atoms with Crippen molar-refractivity contribution in [2.45, 2.75) is 44.9 Å². The van der Waals surface area contributed by atoms with Crippen molar-refractivity contribution in [1.29, 1.82) is 0 Å². The summed E-state index contributed by atoms with van der Waals surface area (Å²) in [7, 11) is 0. The van der Waals surface area contributed by atoms with Gasteiger partial charge in [0, 0.05) is 24.2 Å². The first-order chi connectivity index (χ1) is 9.22. The summed E-state index contributed by atoms with van der Waals surface area (Å²) in [4.78, 5) is 19.4. The second-order valence-corrected chi connectivity index (χ2v) is 6.91. The van der Waals surface area contributed by atoms with E-state index in [2.05, 4.69) is 17.2 Å². The van der Waals surface area contributed by atoms with Gasteiger partial charge in [0.25, 0.3) is 0 Å². The molecule has 1 aromatic heterocycles. The third-order valence-corrected chi connectivity index (χ3v) is 5.17. The van der Waals surface area contributed by atoms with Gasteiger partial charge in [0.15, 0.2) is 5.13 Å². The summed E-state index contributed by atoms with van der Waals surface area (Å²) in [6.07, 6.45) is 8.53. The van der Waals surface area contributed by atoms with Gasteiger partial charge in [-0.25, -0.2) is 9.78 Å². The highest BCUT2D eigenvalue weighted by Crippen LogP contribution is 2.36. The zero-order valence-corrected chi connectivity index (χ0v) is 12.2. The van der Waals surface area contributed by atoms with Crippen LogP contribution in [0.15, 0.2) is 6.20 Å². The molecule has 2 aliphatic rings. The molecule has 104 valence electrons. The molecule has 0 radical (unpaired) electrons. The lowest BCUT2D eigenvalue weighted by atomic mass is 9.89. The van der Waals surface area contributed by atoms with Crippen LogP contribution in [-0.4, -0.2) is 29.0 Å². The highest BCUT2D eigenvalue weighted by molar-refractivity contribution is 7.15. The van der Waals surface area contributed by atoms with Crippen LogP contribution in [0.4, 0.5) is 9.93 Å². The van der Waals surface area contributed by atoms with Gasteiger partial charge >= 0.3 is 6.03 Å². The number of hydrogen-bond donors (Lipinski definition) is 1. The van der Waals surface area contributed by atoms with E-state index in [9.17, 15) is 4.79 Å². The number of likely N-dealkylation sites (tertiary alicyclic amines) is 1. The van der Waals surface area contributed by atoms with Crippen molar-refractivity contribution in [2.24, 2.45) is 5.92 Å². The second kappa shape index (κ2) is 5.49. The summed E-state index contributed by atoms with van der Waals surface area (Å²) in [5, 5.41) is 3.67. The van der Waals surface area contributed by atoms with Crippen LogP contribution in [0.25, 0.3) is 0 Å². The number of nitrogens with zero attached hydrogens (tertiary/aromatic N) is 2. The van der Waals surface area contributed by atoms with Gasteiger partial charge < -0.3 is 4.90 Å². The monoisotopic (exact) mass is 279 g/mol. The lowest BCUT2D eigenvalue weighted by molar-refractivity contribution is 0.141. The molecule has 0 atom stereocenters. The molecule has 1 aromatic rings. The predicted octanol–water partition coefficient (Wildman–Crippen LogP) is 3.67. The summed E-state index contributed by atoms with van der Waals surface area (Å²) in [5.41, 5.74) is 0. The molecule has 0 unspecified atom stereocenters. The largest absolute Gasteiger partial charge is 0.324 e. The molecule has 2 heterocycles. The van der Waals surface area contributed by atoms with Crippen molar-refractivity contribution in [3.8, 4) is 0 Å². The predicted molar refractivity (Wildman–Crippen MR) is 77.7 cm³/mol. The van der Waals surface area contributed by atoms with E-state index in [0.717, 1.165) is 18.2 Å².